The van der Waals surface area contributed by atoms with E-state index in [1.165, 1.54) is 7.11 Å². The molecule has 0 aromatic heterocycles. The number of carbonyl (C=O) groups is 3. The third-order valence-electron chi connectivity index (χ3n) is 2.61. The molecule has 0 unspecified atom stereocenters. The fourth-order valence-corrected chi connectivity index (χ4v) is 3.77. The van der Waals surface area contributed by atoms with Crippen molar-refractivity contribution in [3.8, 4) is 5.75 Å². The van der Waals surface area contributed by atoms with E-state index in [4.69, 9.17) is 4.74 Å². The maximum absolute atomic E-state index is 11.5. The summed E-state index contributed by atoms with van der Waals surface area (Å²) in [4.78, 5) is 33.7. The van der Waals surface area contributed by atoms with Crippen LogP contribution in [0.5, 0.6) is 5.75 Å². The van der Waals surface area contributed by atoms with Crippen LogP contribution in [0.25, 0.3) is 6.08 Å². The van der Waals surface area contributed by atoms with Gasteiger partial charge in [-0.15, -0.1) is 0 Å². The topological polar surface area (TPSA) is 93.7 Å². The standard InChI is InChI=1S/C13H10I2N2O5/c1-21-10(18)5-22-11-7(14)2-6(3-8(11)15)4-9-12(19)17-13(20)16-9/h2-4H,5H2,1H3,(H2,16,17,19,20)/b9-4+. The first-order valence-electron chi connectivity index (χ1n) is 5.93. The summed E-state index contributed by atoms with van der Waals surface area (Å²) >= 11 is 4.13. The quantitative estimate of drug-likeness (QED) is 0.269. The van der Waals surface area contributed by atoms with Crippen molar-refractivity contribution in [3.63, 3.8) is 0 Å². The number of methoxy groups -OCH3 is 1. The molecule has 116 valence electrons. The van der Waals surface area contributed by atoms with Gasteiger partial charge in [-0.05, 0) is 69.0 Å². The van der Waals surface area contributed by atoms with Crippen LogP contribution >= 0.6 is 45.2 Å². The summed E-state index contributed by atoms with van der Waals surface area (Å²) in [6, 6.07) is 3.01. The van der Waals surface area contributed by atoms with E-state index in [2.05, 4.69) is 60.6 Å². The van der Waals surface area contributed by atoms with E-state index in [9.17, 15) is 14.4 Å². The highest BCUT2D eigenvalue weighted by molar-refractivity contribution is 14.1. The number of benzene rings is 1. The minimum Gasteiger partial charge on any atom is -0.480 e. The van der Waals surface area contributed by atoms with Crippen molar-refractivity contribution in [3.05, 3.63) is 30.5 Å². The number of imide groups is 1. The Balaban J connectivity index is 2.23. The third kappa shape index (κ3) is 4.09. The molecule has 0 atom stereocenters. The Morgan fingerprint density at radius 1 is 1.23 bits per heavy atom. The minimum atomic E-state index is -0.543. The summed E-state index contributed by atoms with van der Waals surface area (Å²) in [7, 11) is 1.29. The second kappa shape index (κ2) is 7.26. The van der Waals surface area contributed by atoms with Gasteiger partial charge in [-0.3, -0.25) is 10.1 Å². The lowest BCUT2D eigenvalue weighted by Crippen LogP contribution is -2.22. The zero-order valence-corrected chi connectivity index (χ0v) is 15.6. The number of esters is 1. The Bertz CT molecular complexity index is 664. The average Bonchev–Trinajstić information content (AvgIpc) is 2.75. The van der Waals surface area contributed by atoms with Crippen LogP contribution < -0.4 is 15.4 Å². The number of nitrogens with one attached hydrogen (secondary N) is 2. The maximum atomic E-state index is 11.5. The summed E-state index contributed by atoms with van der Waals surface area (Å²) in [6.45, 7) is -0.179. The van der Waals surface area contributed by atoms with Gasteiger partial charge >= 0.3 is 12.0 Å². The number of hydrogen-bond acceptors (Lipinski definition) is 5. The van der Waals surface area contributed by atoms with E-state index in [0.717, 1.165) is 12.7 Å². The summed E-state index contributed by atoms with van der Waals surface area (Å²) in [5.41, 5.74) is 0.909. The Hall–Kier alpha value is -1.37. The normalized spacial score (nSPS) is 15.5. The lowest BCUT2D eigenvalue weighted by molar-refractivity contribution is -0.142. The summed E-state index contributed by atoms with van der Waals surface area (Å²) in [5.74, 6) is -0.377. The van der Waals surface area contributed by atoms with E-state index in [1.54, 1.807) is 18.2 Å². The predicted octanol–water partition coefficient (Wildman–Crippen LogP) is 1.63. The molecule has 1 fully saturated rings. The summed E-state index contributed by atoms with van der Waals surface area (Å²) in [5, 5.41) is 4.55. The Morgan fingerprint density at radius 3 is 2.36 bits per heavy atom. The first kappa shape index (κ1) is 17.0. The molecule has 1 aromatic rings. The van der Waals surface area contributed by atoms with Gasteiger partial charge in [0, 0.05) is 0 Å². The SMILES string of the molecule is COC(=O)COc1c(I)cc(/C=C2/NC(=O)NC2=O)cc1I. The molecule has 22 heavy (non-hydrogen) atoms. The summed E-state index contributed by atoms with van der Waals surface area (Å²) < 4.78 is 11.5. The Morgan fingerprint density at radius 2 is 1.86 bits per heavy atom. The Kier molecular flexibility index (Phi) is 5.61. The van der Waals surface area contributed by atoms with E-state index in [-0.39, 0.29) is 12.3 Å². The van der Waals surface area contributed by atoms with Crippen molar-refractivity contribution in [2.24, 2.45) is 0 Å². The number of urea groups is 1. The van der Waals surface area contributed by atoms with Gasteiger partial charge < -0.3 is 14.8 Å². The van der Waals surface area contributed by atoms with Gasteiger partial charge in [0.2, 0.25) is 0 Å². The molecule has 0 spiro atoms. The van der Waals surface area contributed by atoms with E-state index in [1.807, 2.05) is 0 Å². The molecule has 0 saturated carbocycles. The number of carbonyl (C=O) groups excluding carboxylic acids is 3. The van der Waals surface area contributed by atoms with Crippen LogP contribution in [-0.4, -0.2) is 31.6 Å². The molecule has 7 nitrogen and oxygen atoms in total. The molecule has 0 bridgehead atoms. The van der Waals surface area contributed by atoms with Gasteiger partial charge in [-0.1, -0.05) is 0 Å². The van der Waals surface area contributed by atoms with Crippen molar-refractivity contribution in [1.82, 2.24) is 10.6 Å². The van der Waals surface area contributed by atoms with Gasteiger partial charge in [-0.2, -0.15) is 0 Å². The second-order valence-electron chi connectivity index (χ2n) is 4.14. The highest BCUT2D eigenvalue weighted by Crippen LogP contribution is 2.29. The second-order valence-corrected chi connectivity index (χ2v) is 6.47. The highest BCUT2D eigenvalue weighted by Gasteiger charge is 2.23. The molecular formula is C13H10I2N2O5. The highest BCUT2D eigenvalue weighted by atomic mass is 127. The largest absolute Gasteiger partial charge is 0.480 e. The molecular weight excluding hydrogens is 518 g/mol. The van der Waals surface area contributed by atoms with Crippen LogP contribution in [0.3, 0.4) is 0 Å². The lowest BCUT2D eigenvalue weighted by Gasteiger charge is -2.10. The molecule has 1 saturated heterocycles. The molecule has 0 aliphatic carbocycles. The molecule has 1 aliphatic heterocycles. The monoisotopic (exact) mass is 528 g/mol. The van der Waals surface area contributed by atoms with E-state index in [0.29, 0.717) is 5.75 Å². The first-order valence-corrected chi connectivity index (χ1v) is 8.09. The van der Waals surface area contributed by atoms with Crippen molar-refractivity contribution in [1.29, 1.82) is 0 Å². The van der Waals surface area contributed by atoms with Crippen LogP contribution in [0, 0.1) is 7.14 Å². The predicted molar refractivity (Wildman–Crippen MR) is 94.0 cm³/mol. The van der Waals surface area contributed by atoms with Crippen molar-refractivity contribution in [2.75, 3.05) is 13.7 Å². The smallest absolute Gasteiger partial charge is 0.343 e. The number of ether oxygens (including phenoxy) is 2. The lowest BCUT2D eigenvalue weighted by atomic mass is 10.2. The number of rotatable bonds is 4. The molecule has 2 N–H and O–H groups in total. The minimum absolute atomic E-state index is 0.179. The molecule has 0 radical (unpaired) electrons. The van der Waals surface area contributed by atoms with Crippen LogP contribution in [0.2, 0.25) is 0 Å². The van der Waals surface area contributed by atoms with Crippen molar-refractivity contribution in [2.45, 2.75) is 0 Å². The van der Waals surface area contributed by atoms with Gasteiger partial charge in [0.25, 0.3) is 5.91 Å². The van der Waals surface area contributed by atoms with Gasteiger partial charge in [0.1, 0.15) is 11.4 Å². The zero-order chi connectivity index (χ0) is 16.3. The molecule has 3 amide bonds. The van der Waals surface area contributed by atoms with Crippen molar-refractivity contribution < 1.29 is 23.9 Å². The van der Waals surface area contributed by atoms with Gasteiger partial charge in [0.05, 0.1) is 14.3 Å². The fraction of sp³-hybridized carbons (Fsp3) is 0.154. The van der Waals surface area contributed by atoms with E-state index < -0.39 is 17.9 Å². The van der Waals surface area contributed by atoms with Crippen molar-refractivity contribution >= 4 is 69.2 Å². The molecule has 2 rings (SSSR count). The van der Waals surface area contributed by atoms with Crippen LogP contribution in [0.4, 0.5) is 4.79 Å². The van der Waals surface area contributed by atoms with Crippen LogP contribution in [0.15, 0.2) is 17.8 Å². The van der Waals surface area contributed by atoms with E-state index >= 15 is 0 Å². The zero-order valence-electron chi connectivity index (χ0n) is 11.2. The molecule has 1 heterocycles. The Labute approximate surface area is 153 Å². The molecule has 9 heteroatoms. The molecule has 1 aliphatic rings. The van der Waals surface area contributed by atoms with Crippen LogP contribution in [-0.2, 0) is 14.3 Å². The summed E-state index contributed by atoms with van der Waals surface area (Å²) in [6.07, 6.45) is 1.56. The average molecular weight is 528 g/mol. The number of halogens is 2. The van der Waals surface area contributed by atoms with Gasteiger partial charge in [-0.25, -0.2) is 9.59 Å². The van der Waals surface area contributed by atoms with Crippen LogP contribution in [0.1, 0.15) is 5.56 Å². The molecule has 1 aromatic carbocycles. The third-order valence-corrected chi connectivity index (χ3v) is 4.22. The van der Waals surface area contributed by atoms with Gasteiger partial charge in [0.15, 0.2) is 6.61 Å². The maximum Gasteiger partial charge on any atom is 0.343 e. The first-order chi connectivity index (χ1) is 10.4. The number of amides is 3. The fourth-order valence-electron chi connectivity index (χ4n) is 1.64. The number of hydrogen-bond donors (Lipinski definition) is 2.